The van der Waals surface area contributed by atoms with Crippen molar-refractivity contribution in [3.05, 3.63) is 40.4 Å². The Labute approximate surface area is 105 Å². The third-order valence-corrected chi connectivity index (χ3v) is 2.87. The van der Waals surface area contributed by atoms with Crippen molar-refractivity contribution in [1.29, 1.82) is 0 Å². The summed E-state index contributed by atoms with van der Waals surface area (Å²) >= 11 is 5.89. The summed E-state index contributed by atoms with van der Waals surface area (Å²) in [4.78, 5) is 16.9. The minimum absolute atomic E-state index is 0.0289. The lowest BCUT2D eigenvalue weighted by molar-refractivity contribution is 0.371. The molecule has 0 atom stereocenters. The zero-order chi connectivity index (χ0) is 12.6. The Morgan fingerprint density at radius 1 is 1.29 bits per heavy atom. The van der Waals surface area contributed by atoms with E-state index in [9.17, 15) is 4.79 Å². The summed E-state index contributed by atoms with van der Waals surface area (Å²) in [5.41, 5.74) is 0.352. The third kappa shape index (κ3) is 2.07. The van der Waals surface area contributed by atoms with Crippen molar-refractivity contribution >= 4 is 22.5 Å². The van der Waals surface area contributed by atoms with Gasteiger partial charge >= 0.3 is 0 Å². The Morgan fingerprint density at radius 2 is 1.94 bits per heavy atom. The maximum atomic E-state index is 12.4. The SMILES string of the molecule is CC(C)(C)n1c(CCl)nc2ccccc2c1=O. The van der Waals surface area contributed by atoms with E-state index in [0.717, 1.165) is 0 Å². The second-order valence-corrected chi connectivity index (χ2v) is 5.26. The lowest BCUT2D eigenvalue weighted by atomic mass is 10.1. The molecule has 0 aliphatic heterocycles. The Hall–Kier alpha value is -1.35. The highest BCUT2D eigenvalue weighted by Gasteiger charge is 2.20. The molecule has 0 bridgehead atoms. The Morgan fingerprint density at radius 3 is 2.53 bits per heavy atom. The topological polar surface area (TPSA) is 34.9 Å². The molecule has 0 aliphatic rings. The van der Waals surface area contributed by atoms with Crippen molar-refractivity contribution in [2.45, 2.75) is 32.2 Å². The molecule has 1 aromatic carbocycles. The van der Waals surface area contributed by atoms with Crippen LogP contribution in [0.1, 0.15) is 26.6 Å². The fourth-order valence-corrected chi connectivity index (χ4v) is 2.14. The van der Waals surface area contributed by atoms with Crippen molar-refractivity contribution in [1.82, 2.24) is 9.55 Å². The molecule has 4 heteroatoms. The summed E-state index contributed by atoms with van der Waals surface area (Å²) in [6.07, 6.45) is 0. The van der Waals surface area contributed by atoms with Gasteiger partial charge in [-0.25, -0.2) is 4.98 Å². The minimum atomic E-state index is -0.321. The van der Waals surface area contributed by atoms with Gasteiger partial charge in [0.15, 0.2) is 0 Å². The van der Waals surface area contributed by atoms with Gasteiger partial charge in [0.1, 0.15) is 5.82 Å². The second-order valence-electron chi connectivity index (χ2n) is 4.99. The Kier molecular flexibility index (Phi) is 2.96. The van der Waals surface area contributed by atoms with Crippen LogP contribution < -0.4 is 5.56 Å². The summed E-state index contributed by atoms with van der Waals surface area (Å²) in [5.74, 6) is 0.847. The summed E-state index contributed by atoms with van der Waals surface area (Å²) in [6.45, 7) is 5.92. The Balaban J connectivity index is 2.92. The van der Waals surface area contributed by atoms with Gasteiger partial charge in [0.05, 0.1) is 16.8 Å². The Bertz CT molecular complexity index is 611. The quantitative estimate of drug-likeness (QED) is 0.730. The molecule has 0 aliphatic carbocycles. The van der Waals surface area contributed by atoms with Crippen molar-refractivity contribution in [2.75, 3.05) is 0 Å². The van der Waals surface area contributed by atoms with Crippen LogP contribution in [0.2, 0.25) is 0 Å². The van der Waals surface area contributed by atoms with E-state index in [1.165, 1.54) is 0 Å². The number of aromatic nitrogens is 2. The van der Waals surface area contributed by atoms with Crippen molar-refractivity contribution in [3.63, 3.8) is 0 Å². The number of halogens is 1. The lowest BCUT2D eigenvalue weighted by Gasteiger charge is -2.25. The highest BCUT2D eigenvalue weighted by molar-refractivity contribution is 6.16. The van der Waals surface area contributed by atoms with Crippen LogP contribution in [0.5, 0.6) is 0 Å². The number of benzene rings is 1. The zero-order valence-electron chi connectivity index (χ0n) is 10.2. The van der Waals surface area contributed by atoms with Crippen LogP contribution in [0, 0.1) is 0 Å². The van der Waals surface area contributed by atoms with Gasteiger partial charge in [-0.05, 0) is 32.9 Å². The maximum Gasteiger partial charge on any atom is 0.261 e. The number of fused-ring (bicyclic) bond motifs is 1. The summed E-state index contributed by atoms with van der Waals surface area (Å²) in [7, 11) is 0. The molecular formula is C13H15ClN2O. The zero-order valence-corrected chi connectivity index (χ0v) is 11.0. The van der Waals surface area contributed by atoms with Crippen LogP contribution in [0.15, 0.2) is 29.1 Å². The number of rotatable bonds is 1. The van der Waals surface area contributed by atoms with E-state index in [4.69, 9.17) is 11.6 Å². The molecule has 2 aromatic rings. The van der Waals surface area contributed by atoms with E-state index in [0.29, 0.717) is 16.7 Å². The molecule has 0 N–H and O–H groups in total. The molecule has 0 saturated carbocycles. The van der Waals surface area contributed by atoms with E-state index < -0.39 is 0 Å². The highest BCUT2D eigenvalue weighted by atomic mass is 35.5. The average molecular weight is 251 g/mol. The molecule has 0 amide bonds. The first-order valence-electron chi connectivity index (χ1n) is 5.52. The van der Waals surface area contributed by atoms with Gasteiger partial charge < -0.3 is 0 Å². The van der Waals surface area contributed by atoms with Gasteiger partial charge in [0, 0.05) is 5.54 Å². The molecule has 0 radical (unpaired) electrons. The largest absolute Gasteiger partial charge is 0.290 e. The minimum Gasteiger partial charge on any atom is -0.290 e. The average Bonchev–Trinajstić information content (AvgIpc) is 2.27. The first-order chi connectivity index (χ1) is 7.95. The predicted octanol–water partition coefficient (Wildman–Crippen LogP) is 2.89. The monoisotopic (exact) mass is 250 g/mol. The highest BCUT2D eigenvalue weighted by Crippen LogP contribution is 2.17. The number of para-hydroxylation sites is 1. The van der Waals surface area contributed by atoms with E-state index in [1.807, 2.05) is 39.0 Å². The lowest BCUT2D eigenvalue weighted by Crippen LogP contribution is -2.36. The molecule has 17 heavy (non-hydrogen) atoms. The van der Waals surface area contributed by atoms with Crippen LogP contribution in [0.3, 0.4) is 0 Å². The number of nitrogens with zero attached hydrogens (tertiary/aromatic N) is 2. The normalized spacial score (nSPS) is 12.0. The number of alkyl halides is 1. The van der Waals surface area contributed by atoms with Gasteiger partial charge in [-0.1, -0.05) is 12.1 Å². The van der Waals surface area contributed by atoms with Crippen LogP contribution in [0.25, 0.3) is 10.9 Å². The molecule has 0 fully saturated rings. The van der Waals surface area contributed by atoms with Gasteiger partial charge in [0.25, 0.3) is 5.56 Å². The molecule has 0 unspecified atom stereocenters. The molecule has 3 nitrogen and oxygen atoms in total. The second kappa shape index (κ2) is 4.15. The van der Waals surface area contributed by atoms with E-state index in [-0.39, 0.29) is 17.0 Å². The number of hydrogen-bond acceptors (Lipinski definition) is 2. The predicted molar refractivity (Wildman–Crippen MR) is 70.6 cm³/mol. The van der Waals surface area contributed by atoms with Crippen LogP contribution in [-0.4, -0.2) is 9.55 Å². The van der Waals surface area contributed by atoms with Crippen LogP contribution in [-0.2, 0) is 11.4 Å². The van der Waals surface area contributed by atoms with E-state index >= 15 is 0 Å². The van der Waals surface area contributed by atoms with Crippen molar-refractivity contribution in [2.24, 2.45) is 0 Å². The summed E-state index contributed by atoms with van der Waals surface area (Å²) in [5, 5.41) is 0.635. The van der Waals surface area contributed by atoms with Crippen LogP contribution in [0.4, 0.5) is 0 Å². The first kappa shape index (κ1) is 12.1. The van der Waals surface area contributed by atoms with Gasteiger partial charge in [-0.3, -0.25) is 9.36 Å². The van der Waals surface area contributed by atoms with Gasteiger partial charge in [0.2, 0.25) is 0 Å². The van der Waals surface area contributed by atoms with Crippen LogP contribution >= 0.6 is 11.6 Å². The summed E-state index contributed by atoms with van der Waals surface area (Å²) in [6, 6.07) is 7.34. The fraction of sp³-hybridized carbons (Fsp3) is 0.385. The van der Waals surface area contributed by atoms with Crippen molar-refractivity contribution < 1.29 is 0 Å². The first-order valence-corrected chi connectivity index (χ1v) is 6.05. The molecule has 0 saturated heterocycles. The van der Waals surface area contributed by atoms with Gasteiger partial charge in [-0.2, -0.15) is 0 Å². The third-order valence-electron chi connectivity index (χ3n) is 2.64. The maximum absolute atomic E-state index is 12.4. The molecule has 2 rings (SSSR count). The molecule has 1 heterocycles. The van der Waals surface area contributed by atoms with Gasteiger partial charge in [-0.15, -0.1) is 11.6 Å². The van der Waals surface area contributed by atoms with E-state index in [1.54, 1.807) is 10.6 Å². The molecule has 0 spiro atoms. The molecule has 1 aromatic heterocycles. The summed E-state index contributed by atoms with van der Waals surface area (Å²) < 4.78 is 1.67. The molecular weight excluding hydrogens is 236 g/mol. The smallest absolute Gasteiger partial charge is 0.261 e. The fourth-order valence-electron chi connectivity index (χ4n) is 1.96. The van der Waals surface area contributed by atoms with Crippen molar-refractivity contribution in [3.8, 4) is 0 Å². The van der Waals surface area contributed by atoms with E-state index in [2.05, 4.69) is 4.98 Å². The number of hydrogen-bond donors (Lipinski definition) is 0. The standard InChI is InChI=1S/C13H15ClN2O/c1-13(2,3)16-11(8-14)15-10-7-5-4-6-9(10)12(16)17/h4-7H,8H2,1-3H3. The molecule has 90 valence electrons.